The molecule has 0 heterocycles. The van der Waals surface area contributed by atoms with Crippen LogP contribution in [0.2, 0.25) is 0 Å². The molecule has 0 aromatic carbocycles. The van der Waals surface area contributed by atoms with E-state index in [-0.39, 0.29) is 29.0 Å². The molecule has 1 aliphatic rings. The third kappa shape index (κ3) is 2.45. The SMILES string of the molecule is CCCCOC(=O)[C@H]1C[C@@H](C(C)=O)C1(C)C. The van der Waals surface area contributed by atoms with Gasteiger partial charge in [0.25, 0.3) is 0 Å². The predicted octanol–water partition coefficient (Wildman–Crippen LogP) is 2.58. The number of esters is 1. The van der Waals surface area contributed by atoms with Crippen LogP contribution in [0.15, 0.2) is 0 Å². The van der Waals surface area contributed by atoms with E-state index in [0.717, 1.165) is 12.8 Å². The first-order valence-electron chi connectivity index (χ1n) is 6.08. The van der Waals surface area contributed by atoms with Gasteiger partial charge in [0.05, 0.1) is 12.5 Å². The van der Waals surface area contributed by atoms with E-state index < -0.39 is 0 Å². The maximum Gasteiger partial charge on any atom is 0.309 e. The molecular formula is C13H22O3. The van der Waals surface area contributed by atoms with Crippen molar-refractivity contribution in [2.45, 2.75) is 47.0 Å². The van der Waals surface area contributed by atoms with Gasteiger partial charge in [-0.3, -0.25) is 9.59 Å². The zero-order chi connectivity index (χ0) is 12.3. The molecule has 0 aromatic heterocycles. The lowest BCUT2D eigenvalue weighted by Crippen LogP contribution is -2.52. The second kappa shape index (κ2) is 4.98. The fourth-order valence-electron chi connectivity index (χ4n) is 2.43. The van der Waals surface area contributed by atoms with E-state index in [9.17, 15) is 9.59 Å². The molecule has 1 aliphatic carbocycles. The molecule has 0 unspecified atom stereocenters. The topological polar surface area (TPSA) is 43.4 Å². The number of carbonyl (C=O) groups is 2. The van der Waals surface area contributed by atoms with Crippen LogP contribution in [0.1, 0.15) is 47.0 Å². The van der Waals surface area contributed by atoms with Gasteiger partial charge in [0.2, 0.25) is 0 Å². The first kappa shape index (κ1) is 13.2. The first-order valence-corrected chi connectivity index (χ1v) is 6.08. The van der Waals surface area contributed by atoms with Gasteiger partial charge in [-0.1, -0.05) is 27.2 Å². The van der Waals surface area contributed by atoms with Gasteiger partial charge in [-0.15, -0.1) is 0 Å². The number of Topliss-reactive ketones (excluding diaryl/α,β-unsaturated/α-hetero) is 1. The highest BCUT2D eigenvalue weighted by atomic mass is 16.5. The highest BCUT2D eigenvalue weighted by Gasteiger charge is 2.54. The number of hydrogen-bond acceptors (Lipinski definition) is 3. The Kier molecular flexibility index (Phi) is 4.11. The van der Waals surface area contributed by atoms with Crippen LogP contribution in [0.3, 0.4) is 0 Å². The normalized spacial score (nSPS) is 27.0. The molecule has 3 heteroatoms. The van der Waals surface area contributed by atoms with E-state index in [1.165, 1.54) is 0 Å². The first-order chi connectivity index (χ1) is 7.41. The van der Waals surface area contributed by atoms with Crippen molar-refractivity contribution in [3.8, 4) is 0 Å². The second-order valence-corrected chi connectivity index (χ2v) is 5.29. The Labute approximate surface area is 97.5 Å². The van der Waals surface area contributed by atoms with Crippen molar-refractivity contribution in [2.24, 2.45) is 17.3 Å². The Morgan fingerprint density at radius 2 is 1.94 bits per heavy atom. The summed E-state index contributed by atoms with van der Waals surface area (Å²) in [5.74, 6) is -0.0203. The summed E-state index contributed by atoms with van der Waals surface area (Å²) in [5.41, 5.74) is -0.227. The van der Waals surface area contributed by atoms with Crippen molar-refractivity contribution in [1.82, 2.24) is 0 Å². The summed E-state index contributed by atoms with van der Waals surface area (Å²) in [5, 5.41) is 0. The van der Waals surface area contributed by atoms with Crippen molar-refractivity contribution in [1.29, 1.82) is 0 Å². The van der Waals surface area contributed by atoms with E-state index in [1.807, 2.05) is 13.8 Å². The van der Waals surface area contributed by atoms with Crippen LogP contribution >= 0.6 is 0 Å². The lowest BCUT2D eigenvalue weighted by Gasteiger charge is -2.49. The summed E-state index contributed by atoms with van der Waals surface area (Å²) < 4.78 is 5.20. The third-order valence-corrected chi connectivity index (χ3v) is 3.79. The highest BCUT2D eigenvalue weighted by Crippen LogP contribution is 2.52. The number of ether oxygens (including phenoxy) is 1. The van der Waals surface area contributed by atoms with E-state index in [4.69, 9.17) is 4.74 Å². The lowest BCUT2D eigenvalue weighted by atomic mass is 9.53. The Balaban J connectivity index is 2.46. The molecule has 0 spiro atoms. The van der Waals surface area contributed by atoms with Gasteiger partial charge in [0, 0.05) is 5.92 Å². The van der Waals surface area contributed by atoms with Crippen molar-refractivity contribution in [3.63, 3.8) is 0 Å². The minimum atomic E-state index is -0.227. The minimum Gasteiger partial charge on any atom is -0.465 e. The molecule has 0 N–H and O–H groups in total. The van der Waals surface area contributed by atoms with E-state index in [2.05, 4.69) is 6.92 Å². The number of carbonyl (C=O) groups excluding carboxylic acids is 2. The summed E-state index contributed by atoms with van der Waals surface area (Å²) >= 11 is 0. The van der Waals surface area contributed by atoms with Crippen LogP contribution in [0, 0.1) is 17.3 Å². The molecule has 2 atom stereocenters. The quantitative estimate of drug-likeness (QED) is 0.534. The Bertz CT molecular complexity index is 281. The lowest BCUT2D eigenvalue weighted by molar-refractivity contribution is -0.168. The van der Waals surface area contributed by atoms with Crippen LogP contribution in [0.4, 0.5) is 0 Å². The molecule has 3 nitrogen and oxygen atoms in total. The van der Waals surface area contributed by atoms with Crippen LogP contribution in [0.5, 0.6) is 0 Å². The van der Waals surface area contributed by atoms with E-state index in [1.54, 1.807) is 6.92 Å². The fourth-order valence-corrected chi connectivity index (χ4v) is 2.43. The smallest absolute Gasteiger partial charge is 0.309 e. The highest BCUT2D eigenvalue weighted by molar-refractivity contribution is 5.84. The molecule has 0 aromatic rings. The molecule has 0 amide bonds. The average molecular weight is 226 g/mol. The van der Waals surface area contributed by atoms with Crippen molar-refractivity contribution < 1.29 is 14.3 Å². The zero-order valence-corrected chi connectivity index (χ0v) is 10.7. The predicted molar refractivity (Wildman–Crippen MR) is 61.9 cm³/mol. The van der Waals surface area contributed by atoms with Crippen LogP contribution in [-0.4, -0.2) is 18.4 Å². The number of rotatable bonds is 5. The Morgan fingerprint density at radius 3 is 2.38 bits per heavy atom. The van der Waals surface area contributed by atoms with Gasteiger partial charge in [-0.2, -0.15) is 0 Å². The van der Waals surface area contributed by atoms with E-state index >= 15 is 0 Å². The number of unbranched alkanes of at least 4 members (excludes halogenated alkanes) is 1. The van der Waals surface area contributed by atoms with Gasteiger partial charge in [-0.25, -0.2) is 0 Å². The van der Waals surface area contributed by atoms with Gasteiger partial charge >= 0.3 is 5.97 Å². The third-order valence-electron chi connectivity index (χ3n) is 3.79. The average Bonchev–Trinajstić information content (AvgIpc) is 2.16. The van der Waals surface area contributed by atoms with Gasteiger partial charge in [0.15, 0.2) is 0 Å². The van der Waals surface area contributed by atoms with Crippen molar-refractivity contribution in [3.05, 3.63) is 0 Å². The molecule has 0 aliphatic heterocycles. The Hall–Kier alpha value is -0.860. The van der Waals surface area contributed by atoms with Crippen molar-refractivity contribution in [2.75, 3.05) is 6.61 Å². The molecule has 92 valence electrons. The van der Waals surface area contributed by atoms with E-state index in [0.29, 0.717) is 13.0 Å². The number of ketones is 1. The number of hydrogen-bond donors (Lipinski definition) is 0. The van der Waals surface area contributed by atoms with Crippen LogP contribution < -0.4 is 0 Å². The van der Waals surface area contributed by atoms with Crippen LogP contribution in [-0.2, 0) is 14.3 Å². The minimum absolute atomic E-state index is 0.0243. The standard InChI is InChI=1S/C13H22O3/c1-5-6-7-16-12(15)11-8-10(9(2)14)13(11,3)4/h10-11H,5-8H2,1-4H3/t10-,11+/m0/s1. The molecular weight excluding hydrogens is 204 g/mol. The largest absolute Gasteiger partial charge is 0.465 e. The molecule has 1 rings (SSSR count). The van der Waals surface area contributed by atoms with Gasteiger partial charge in [0.1, 0.15) is 5.78 Å². The van der Waals surface area contributed by atoms with Crippen molar-refractivity contribution >= 4 is 11.8 Å². The molecule has 1 saturated carbocycles. The molecule has 16 heavy (non-hydrogen) atoms. The summed E-state index contributed by atoms with van der Waals surface area (Å²) in [6, 6.07) is 0. The summed E-state index contributed by atoms with van der Waals surface area (Å²) in [4.78, 5) is 23.1. The van der Waals surface area contributed by atoms with Gasteiger partial charge < -0.3 is 4.74 Å². The summed E-state index contributed by atoms with van der Waals surface area (Å²) in [6.45, 7) is 8.13. The molecule has 0 bridgehead atoms. The maximum absolute atomic E-state index is 11.8. The summed E-state index contributed by atoms with van der Waals surface area (Å²) in [6.07, 6.45) is 2.60. The maximum atomic E-state index is 11.8. The monoisotopic (exact) mass is 226 g/mol. The molecule has 0 radical (unpaired) electrons. The fraction of sp³-hybridized carbons (Fsp3) is 0.846. The Morgan fingerprint density at radius 1 is 1.31 bits per heavy atom. The zero-order valence-electron chi connectivity index (χ0n) is 10.7. The molecule has 1 fully saturated rings. The van der Waals surface area contributed by atoms with Gasteiger partial charge in [-0.05, 0) is 25.2 Å². The molecule has 0 saturated heterocycles. The second-order valence-electron chi connectivity index (χ2n) is 5.29. The van der Waals surface area contributed by atoms with Crippen LogP contribution in [0.25, 0.3) is 0 Å². The summed E-state index contributed by atoms with van der Waals surface area (Å²) in [7, 11) is 0.